The lowest BCUT2D eigenvalue weighted by molar-refractivity contribution is -0.113. The van der Waals surface area contributed by atoms with Crippen molar-refractivity contribution >= 4 is 32.3 Å². The first-order valence-electron chi connectivity index (χ1n) is 10.1. The SMILES string of the molecule is Cc1ccc(NC(=O)CS(=O)(=O)c2cn(Cc3ccccc3C)c3ccccc23)cc1. The number of aromatic nitrogens is 1. The van der Waals surface area contributed by atoms with Gasteiger partial charge in [-0.15, -0.1) is 0 Å². The van der Waals surface area contributed by atoms with E-state index in [0.29, 0.717) is 17.6 Å². The van der Waals surface area contributed by atoms with Crippen LogP contribution in [0.15, 0.2) is 83.9 Å². The maximum atomic E-state index is 13.2. The second kappa shape index (κ2) is 8.40. The van der Waals surface area contributed by atoms with E-state index in [1.807, 2.05) is 73.0 Å². The minimum absolute atomic E-state index is 0.177. The van der Waals surface area contributed by atoms with E-state index in [4.69, 9.17) is 0 Å². The van der Waals surface area contributed by atoms with Crippen molar-refractivity contribution in [3.05, 3.63) is 95.7 Å². The molecule has 0 atom stereocenters. The Morgan fingerprint density at radius 2 is 1.58 bits per heavy atom. The van der Waals surface area contributed by atoms with Gasteiger partial charge < -0.3 is 9.88 Å². The van der Waals surface area contributed by atoms with E-state index in [9.17, 15) is 13.2 Å². The number of anilines is 1. The zero-order valence-corrected chi connectivity index (χ0v) is 18.3. The summed E-state index contributed by atoms with van der Waals surface area (Å²) in [7, 11) is -3.83. The van der Waals surface area contributed by atoms with Crippen molar-refractivity contribution in [1.29, 1.82) is 0 Å². The van der Waals surface area contributed by atoms with Crippen LogP contribution in [0, 0.1) is 13.8 Å². The molecule has 0 radical (unpaired) electrons. The first kappa shape index (κ1) is 20.9. The molecule has 1 aromatic heterocycles. The van der Waals surface area contributed by atoms with Gasteiger partial charge in [-0.1, -0.05) is 60.2 Å². The Morgan fingerprint density at radius 3 is 2.32 bits per heavy atom. The second-order valence-electron chi connectivity index (χ2n) is 7.74. The quantitative estimate of drug-likeness (QED) is 0.479. The molecule has 0 bridgehead atoms. The van der Waals surface area contributed by atoms with E-state index < -0.39 is 21.5 Å². The van der Waals surface area contributed by atoms with Crippen molar-refractivity contribution in [1.82, 2.24) is 4.57 Å². The first-order chi connectivity index (χ1) is 14.8. The van der Waals surface area contributed by atoms with E-state index in [1.165, 1.54) is 0 Å². The van der Waals surface area contributed by atoms with Gasteiger partial charge >= 0.3 is 0 Å². The molecular formula is C25H24N2O3S. The van der Waals surface area contributed by atoms with Gasteiger partial charge in [0.1, 0.15) is 5.75 Å². The van der Waals surface area contributed by atoms with E-state index in [2.05, 4.69) is 5.32 Å². The molecule has 3 aromatic carbocycles. The number of aryl methyl sites for hydroxylation is 2. The van der Waals surface area contributed by atoms with Crippen LogP contribution in [-0.2, 0) is 21.2 Å². The fourth-order valence-corrected chi connectivity index (χ4v) is 5.02. The molecule has 31 heavy (non-hydrogen) atoms. The zero-order valence-electron chi connectivity index (χ0n) is 17.5. The third-order valence-corrected chi connectivity index (χ3v) is 6.98. The fourth-order valence-electron chi connectivity index (χ4n) is 3.65. The highest BCUT2D eigenvalue weighted by Gasteiger charge is 2.24. The zero-order chi connectivity index (χ0) is 22.0. The number of benzene rings is 3. The molecule has 5 nitrogen and oxygen atoms in total. The fraction of sp³-hybridized carbons (Fsp3) is 0.160. The minimum atomic E-state index is -3.83. The Hall–Kier alpha value is -3.38. The summed E-state index contributed by atoms with van der Waals surface area (Å²) in [4.78, 5) is 12.6. The standard InChI is InChI=1S/C25H24N2O3S/c1-18-11-13-21(14-12-18)26-25(28)17-31(29,30)24-16-27(23-10-6-5-9-22(23)24)15-20-8-4-3-7-19(20)2/h3-14,16H,15,17H2,1-2H3,(H,26,28). The Labute approximate surface area is 182 Å². The predicted octanol–water partition coefficient (Wildman–Crippen LogP) is 4.72. The van der Waals surface area contributed by atoms with Crippen LogP contribution >= 0.6 is 0 Å². The molecule has 6 heteroatoms. The lowest BCUT2D eigenvalue weighted by atomic mass is 10.1. The summed E-state index contributed by atoms with van der Waals surface area (Å²) in [6, 6.07) is 22.7. The summed E-state index contributed by atoms with van der Waals surface area (Å²) in [5.74, 6) is -1.17. The average Bonchev–Trinajstić information content (AvgIpc) is 3.11. The highest BCUT2D eigenvalue weighted by molar-refractivity contribution is 7.92. The number of hydrogen-bond acceptors (Lipinski definition) is 3. The summed E-state index contributed by atoms with van der Waals surface area (Å²) in [5, 5.41) is 3.30. The van der Waals surface area contributed by atoms with Crippen LogP contribution in [0.4, 0.5) is 5.69 Å². The van der Waals surface area contributed by atoms with Crippen molar-refractivity contribution in [2.45, 2.75) is 25.3 Å². The molecule has 0 fully saturated rings. The smallest absolute Gasteiger partial charge is 0.239 e. The molecule has 1 amide bonds. The van der Waals surface area contributed by atoms with Crippen molar-refractivity contribution in [3.63, 3.8) is 0 Å². The lowest BCUT2D eigenvalue weighted by Crippen LogP contribution is -2.23. The highest BCUT2D eigenvalue weighted by atomic mass is 32.2. The lowest BCUT2D eigenvalue weighted by Gasteiger charge is -2.08. The van der Waals surface area contributed by atoms with Gasteiger partial charge in [-0.2, -0.15) is 0 Å². The van der Waals surface area contributed by atoms with Gasteiger partial charge in [0.05, 0.1) is 4.90 Å². The summed E-state index contributed by atoms with van der Waals surface area (Å²) in [6.45, 7) is 4.54. The summed E-state index contributed by atoms with van der Waals surface area (Å²) in [5.41, 5.74) is 4.72. The van der Waals surface area contributed by atoms with Crippen molar-refractivity contribution in [3.8, 4) is 0 Å². The van der Waals surface area contributed by atoms with Crippen LogP contribution in [0.2, 0.25) is 0 Å². The largest absolute Gasteiger partial charge is 0.342 e. The van der Waals surface area contributed by atoms with Crippen LogP contribution in [0.1, 0.15) is 16.7 Å². The van der Waals surface area contributed by atoms with E-state index in [1.54, 1.807) is 24.4 Å². The Kier molecular flexibility index (Phi) is 5.65. The van der Waals surface area contributed by atoms with Gasteiger partial charge in [-0.3, -0.25) is 4.79 Å². The summed E-state index contributed by atoms with van der Waals surface area (Å²) in [6.07, 6.45) is 1.64. The number of sulfone groups is 1. The molecule has 4 rings (SSSR count). The van der Waals surface area contributed by atoms with Gasteiger partial charge in [-0.25, -0.2) is 8.42 Å². The molecule has 1 heterocycles. The van der Waals surface area contributed by atoms with Gasteiger partial charge in [0, 0.05) is 29.3 Å². The average molecular weight is 433 g/mol. The number of hydrogen-bond donors (Lipinski definition) is 1. The van der Waals surface area contributed by atoms with Gasteiger partial charge in [0.15, 0.2) is 9.84 Å². The number of amides is 1. The van der Waals surface area contributed by atoms with Gasteiger partial charge in [0.2, 0.25) is 5.91 Å². The van der Waals surface area contributed by atoms with Crippen molar-refractivity contribution in [2.75, 3.05) is 11.1 Å². The third kappa shape index (κ3) is 4.54. The normalized spacial score (nSPS) is 11.5. The van der Waals surface area contributed by atoms with Crippen LogP contribution in [0.25, 0.3) is 10.9 Å². The predicted molar refractivity (Wildman–Crippen MR) is 124 cm³/mol. The molecule has 0 spiro atoms. The van der Waals surface area contributed by atoms with Crippen LogP contribution in [0.3, 0.4) is 0 Å². The maximum Gasteiger partial charge on any atom is 0.239 e. The summed E-state index contributed by atoms with van der Waals surface area (Å²) >= 11 is 0. The number of carbonyl (C=O) groups is 1. The molecular weight excluding hydrogens is 408 g/mol. The van der Waals surface area contributed by atoms with E-state index in [0.717, 1.165) is 22.2 Å². The highest BCUT2D eigenvalue weighted by Crippen LogP contribution is 2.27. The molecule has 0 aliphatic rings. The molecule has 0 saturated heterocycles. The number of rotatable bonds is 6. The topological polar surface area (TPSA) is 68.2 Å². The maximum absolute atomic E-state index is 13.2. The van der Waals surface area contributed by atoms with E-state index >= 15 is 0 Å². The molecule has 0 unspecified atom stereocenters. The third-order valence-electron chi connectivity index (χ3n) is 5.35. The number of para-hydroxylation sites is 1. The number of carbonyl (C=O) groups excluding carboxylic acids is 1. The summed E-state index contributed by atoms with van der Waals surface area (Å²) < 4.78 is 28.3. The molecule has 1 N–H and O–H groups in total. The van der Waals surface area contributed by atoms with Gasteiger partial charge in [0.25, 0.3) is 0 Å². The van der Waals surface area contributed by atoms with Crippen LogP contribution in [-0.4, -0.2) is 24.6 Å². The Bertz CT molecular complexity index is 1350. The van der Waals surface area contributed by atoms with Crippen molar-refractivity contribution < 1.29 is 13.2 Å². The van der Waals surface area contributed by atoms with Gasteiger partial charge in [-0.05, 0) is 43.2 Å². The van der Waals surface area contributed by atoms with Crippen LogP contribution in [0.5, 0.6) is 0 Å². The monoisotopic (exact) mass is 432 g/mol. The minimum Gasteiger partial charge on any atom is -0.342 e. The first-order valence-corrected chi connectivity index (χ1v) is 11.7. The number of fused-ring (bicyclic) bond motifs is 1. The molecule has 4 aromatic rings. The molecule has 0 saturated carbocycles. The second-order valence-corrected chi connectivity index (χ2v) is 9.70. The van der Waals surface area contributed by atoms with Crippen LogP contribution < -0.4 is 5.32 Å². The van der Waals surface area contributed by atoms with Crippen molar-refractivity contribution in [2.24, 2.45) is 0 Å². The van der Waals surface area contributed by atoms with E-state index in [-0.39, 0.29) is 4.90 Å². The molecule has 158 valence electrons. The number of nitrogens with zero attached hydrogens (tertiary/aromatic N) is 1. The Morgan fingerprint density at radius 1 is 0.903 bits per heavy atom. The Balaban J connectivity index is 1.64. The molecule has 0 aliphatic carbocycles. The molecule has 0 aliphatic heterocycles. The number of nitrogens with one attached hydrogen (secondary N) is 1.